The zero-order valence-electron chi connectivity index (χ0n) is 14.7. The molecule has 7 nitrogen and oxygen atoms in total. The Labute approximate surface area is 166 Å². The van der Waals surface area contributed by atoms with E-state index in [1.165, 1.54) is 6.08 Å². The van der Waals surface area contributed by atoms with Crippen LogP contribution in [0.4, 0.5) is 11.9 Å². The molecule has 1 atom stereocenters. The topological polar surface area (TPSA) is 88.9 Å². The number of aromatic nitrogens is 3. The molecule has 140 valence electrons. The molecule has 2 N–H and O–H groups in total. The van der Waals surface area contributed by atoms with Gasteiger partial charge in [0.25, 0.3) is 11.9 Å². The Morgan fingerprint density at radius 1 is 1.18 bits per heavy atom. The third-order valence-corrected chi connectivity index (χ3v) is 4.64. The number of carbonyl (C=O) groups is 2. The van der Waals surface area contributed by atoms with Crippen LogP contribution in [-0.4, -0.2) is 26.6 Å². The molecular formula is C20H16ClN5O2. The minimum absolute atomic E-state index is 0.118. The lowest BCUT2D eigenvalue weighted by Gasteiger charge is -2.23. The third kappa shape index (κ3) is 3.79. The lowest BCUT2D eigenvalue weighted by molar-refractivity contribution is -0.117. The van der Waals surface area contributed by atoms with Gasteiger partial charge in [0.2, 0.25) is 11.9 Å². The standard InChI is InChI=1S/C20H16ClN5O2/c21-15-9-5-4-6-13(15)10-11-17(27)22-19-24-20-23-18(28)12-16(26(20)25-19)14-7-2-1-3-8-14/h1-11,16H,12H2,(H2,22,23,24,25,27,28)/b11-10+/t16-/m1/s1. The average Bonchev–Trinajstić information content (AvgIpc) is 3.09. The number of fused-ring (bicyclic) bond motifs is 1. The van der Waals surface area contributed by atoms with Gasteiger partial charge in [0.1, 0.15) is 0 Å². The molecule has 0 unspecified atom stereocenters. The van der Waals surface area contributed by atoms with E-state index in [0.717, 1.165) is 11.1 Å². The second kappa shape index (κ2) is 7.66. The summed E-state index contributed by atoms with van der Waals surface area (Å²) in [4.78, 5) is 28.5. The highest BCUT2D eigenvalue weighted by Crippen LogP contribution is 2.29. The summed E-state index contributed by atoms with van der Waals surface area (Å²) in [6.07, 6.45) is 3.22. The van der Waals surface area contributed by atoms with Crippen LogP contribution in [0.3, 0.4) is 0 Å². The fourth-order valence-corrected chi connectivity index (χ4v) is 3.18. The molecule has 3 aromatic rings. The summed E-state index contributed by atoms with van der Waals surface area (Å²) in [7, 11) is 0. The molecule has 1 aliphatic heterocycles. The smallest absolute Gasteiger partial charge is 0.250 e. The van der Waals surface area contributed by atoms with Gasteiger partial charge in [-0.25, -0.2) is 4.68 Å². The SMILES string of the molecule is O=C(/C=C/c1ccccc1Cl)Nc1nc2n(n1)[C@@H](c1ccccc1)CC(=O)N2. The molecule has 0 saturated heterocycles. The molecule has 1 aliphatic rings. The summed E-state index contributed by atoms with van der Waals surface area (Å²) in [5.41, 5.74) is 1.67. The Morgan fingerprint density at radius 3 is 2.71 bits per heavy atom. The van der Waals surface area contributed by atoms with Gasteiger partial charge < -0.3 is 0 Å². The van der Waals surface area contributed by atoms with Gasteiger partial charge in [-0.1, -0.05) is 60.1 Å². The second-order valence-corrected chi connectivity index (χ2v) is 6.63. The summed E-state index contributed by atoms with van der Waals surface area (Å²) in [5.74, 6) is -0.127. The van der Waals surface area contributed by atoms with E-state index in [0.29, 0.717) is 11.0 Å². The molecule has 0 spiro atoms. The maximum atomic E-state index is 12.2. The first kappa shape index (κ1) is 17.9. The van der Waals surface area contributed by atoms with Gasteiger partial charge in [0.05, 0.1) is 12.5 Å². The lowest BCUT2D eigenvalue weighted by Crippen LogP contribution is -2.29. The fraction of sp³-hybridized carbons (Fsp3) is 0.100. The van der Waals surface area contributed by atoms with Gasteiger partial charge >= 0.3 is 0 Å². The Morgan fingerprint density at radius 2 is 1.93 bits per heavy atom. The summed E-state index contributed by atoms with van der Waals surface area (Å²) in [5, 5.41) is 10.2. The molecule has 0 saturated carbocycles. The highest BCUT2D eigenvalue weighted by atomic mass is 35.5. The largest absolute Gasteiger partial charge is 0.295 e. The number of halogens is 1. The van der Waals surface area contributed by atoms with Crippen molar-refractivity contribution in [2.45, 2.75) is 12.5 Å². The zero-order chi connectivity index (χ0) is 19.5. The van der Waals surface area contributed by atoms with Gasteiger partial charge in [0.15, 0.2) is 0 Å². The van der Waals surface area contributed by atoms with Crippen LogP contribution in [-0.2, 0) is 9.59 Å². The molecule has 4 rings (SSSR count). The van der Waals surface area contributed by atoms with Crippen LogP contribution in [0.15, 0.2) is 60.7 Å². The van der Waals surface area contributed by atoms with Crippen LogP contribution in [0.2, 0.25) is 5.02 Å². The number of rotatable bonds is 4. The molecule has 1 aromatic heterocycles. The summed E-state index contributed by atoms with van der Waals surface area (Å²) >= 11 is 6.07. The van der Waals surface area contributed by atoms with E-state index in [9.17, 15) is 9.59 Å². The summed E-state index contributed by atoms with van der Waals surface area (Å²) in [6.45, 7) is 0. The predicted molar refractivity (Wildman–Crippen MR) is 107 cm³/mol. The average molecular weight is 394 g/mol. The number of hydrogen-bond donors (Lipinski definition) is 2. The second-order valence-electron chi connectivity index (χ2n) is 6.23. The first-order valence-electron chi connectivity index (χ1n) is 8.65. The number of carbonyl (C=O) groups excluding carboxylic acids is 2. The third-order valence-electron chi connectivity index (χ3n) is 4.30. The van der Waals surface area contributed by atoms with E-state index >= 15 is 0 Å². The zero-order valence-corrected chi connectivity index (χ0v) is 15.4. The van der Waals surface area contributed by atoms with Gasteiger partial charge in [0, 0.05) is 11.1 Å². The molecule has 8 heteroatoms. The van der Waals surface area contributed by atoms with E-state index in [4.69, 9.17) is 11.6 Å². The van der Waals surface area contributed by atoms with Crippen LogP contribution >= 0.6 is 11.6 Å². The van der Waals surface area contributed by atoms with E-state index < -0.39 is 5.91 Å². The first-order chi connectivity index (χ1) is 13.6. The van der Waals surface area contributed by atoms with Gasteiger partial charge in [-0.15, -0.1) is 5.10 Å². The van der Waals surface area contributed by atoms with Crippen molar-refractivity contribution < 1.29 is 9.59 Å². The number of anilines is 2. The number of nitrogens with zero attached hydrogens (tertiary/aromatic N) is 3. The van der Waals surface area contributed by atoms with Gasteiger partial charge in [-0.2, -0.15) is 4.98 Å². The molecule has 2 amide bonds. The highest BCUT2D eigenvalue weighted by molar-refractivity contribution is 6.32. The van der Waals surface area contributed by atoms with Crippen molar-refractivity contribution in [1.29, 1.82) is 0 Å². The maximum Gasteiger partial charge on any atom is 0.250 e. The minimum Gasteiger partial charge on any atom is -0.295 e. The predicted octanol–water partition coefficient (Wildman–Crippen LogP) is 3.52. The van der Waals surface area contributed by atoms with Crippen molar-refractivity contribution in [3.8, 4) is 0 Å². The van der Waals surface area contributed by atoms with E-state index in [2.05, 4.69) is 20.7 Å². The Kier molecular flexibility index (Phi) is 4.90. The normalized spacial score (nSPS) is 15.9. The van der Waals surface area contributed by atoms with Crippen molar-refractivity contribution in [2.24, 2.45) is 0 Å². The quantitative estimate of drug-likeness (QED) is 0.664. The molecule has 2 heterocycles. The van der Waals surface area contributed by atoms with Crippen molar-refractivity contribution in [2.75, 3.05) is 10.6 Å². The van der Waals surface area contributed by atoms with Crippen molar-refractivity contribution >= 4 is 41.4 Å². The molecule has 2 aromatic carbocycles. The van der Waals surface area contributed by atoms with Crippen LogP contribution in [0.1, 0.15) is 23.6 Å². The van der Waals surface area contributed by atoms with E-state index in [-0.39, 0.29) is 24.3 Å². The van der Waals surface area contributed by atoms with Crippen molar-refractivity contribution in [3.05, 3.63) is 76.8 Å². The molecule has 0 radical (unpaired) electrons. The van der Waals surface area contributed by atoms with Crippen LogP contribution in [0, 0.1) is 0 Å². The number of benzene rings is 2. The maximum absolute atomic E-state index is 12.2. The van der Waals surface area contributed by atoms with Crippen LogP contribution in [0.5, 0.6) is 0 Å². The Bertz CT molecular complexity index is 1060. The summed E-state index contributed by atoms with van der Waals surface area (Å²) in [6, 6.07) is 16.5. The molecular weight excluding hydrogens is 378 g/mol. The molecule has 0 bridgehead atoms. The molecule has 28 heavy (non-hydrogen) atoms. The molecule has 0 aliphatic carbocycles. The first-order valence-corrected chi connectivity index (χ1v) is 9.03. The van der Waals surface area contributed by atoms with Crippen molar-refractivity contribution in [3.63, 3.8) is 0 Å². The van der Waals surface area contributed by atoms with Crippen molar-refractivity contribution in [1.82, 2.24) is 14.8 Å². The Hall–Kier alpha value is -3.45. The number of hydrogen-bond acceptors (Lipinski definition) is 4. The van der Waals surface area contributed by atoms with E-state index in [1.807, 2.05) is 42.5 Å². The monoisotopic (exact) mass is 393 g/mol. The lowest BCUT2D eigenvalue weighted by atomic mass is 10.0. The summed E-state index contributed by atoms with van der Waals surface area (Å²) < 4.78 is 1.62. The number of amides is 2. The molecule has 0 fully saturated rings. The highest BCUT2D eigenvalue weighted by Gasteiger charge is 2.29. The Balaban J connectivity index is 1.54. The van der Waals surface area contributed by atoms with Crippen LogP contribution < -0.4 is 10.6 Å². The van der Waals surface area contributed by atoms with E-state index in [1.54, 1.807) is 22.9 Å². The fourth-order valence-electron chi connectivity index (χ4n) is 2.98. The van der Waals surface area contributed by atoms with Crippen LogP contribution in [0.25, 0.3) is 6.08 Å². The number of nitrogens with one attached hydrogen (secondary N) is 2. The minimum atomic E-state index is -0.398. The van der Waals surface area contributed by atoms with Gasteiger partial charge in [-0.3, -0.25) is 20.2 Å². The van der Waals surface area contributed by atoms with Gasteiger partial charge in [-0.05, 0) is 23.3 Å².